The van der Waals surface area contributed by atoms with E-state index in [0.717, 1.165) is 6.07 Å². The van der Waals surface area contributed by atoms with E-state index >= 15 is 4.39 Å². The van der Waals surface area contributed by atoms with Crippen LogP contribution in [-0.4, -0.2) is 24.7 Å². The Morgan fingerprint density at radius 2 is 1.69 bits per heavy atom. The van der Waals surface area contributed by atoms with Crippen LogP contribution in [0, 0.1) is 11.2 Å². The van der Waals surface area contributed by atoms with Crippen molar-refractivity contribution in [1.29, 1.82) is 0 Å². The van der Waals surface area contributed by atoms with Gasteiger partial charge in [-0.15, -0.1) is 0 Å². The quantitative estimate of drug-likeness (QED) is 0.336. The first kappa shape index (κ1) is 25.6. The minimum Gasteiger partial charge on any atom is -0.347 e. The Kier molecular flexibility index (Phi) is 6.74. The molecule has 1 N–H and O–H groups in total. The van der Waals surface area contributed by atoms with Crippen LogP contribution >= 0.6 is 0 Å². The summed E-state index contributed by atoms with van der Waals surface area (Å²) in [4.78, 5) is 0. The van der Waals surface area contributed by atoms with E-state index in [1.807, 2.05) is 20.8 Å². The molecule has 35 heavy (non-hydrogen) atoms. The van der Waals surface area contributed by atoms with Crippen molar-refractivity contribution in [2.75, 3.05) is 0 Å². The summed E-state index contributed by atoms with van der Waals surface area (Å²) in [7, 11) is -3.97. The number of hydrogen-bond donors (Lipinski definition) is 1. The lowest BCUT2D eigenvalue weighted by Gasteiger charge is -2.20. The van der Waals surface area contributed by atoms with E-state index in [1.165, 1.54) is 36.5 Å². The molecule has 1 fully saturated rings. The summed E-state index contributed by atoms with van der Waals surface area (Å²) < 4.78 is 99.5. The second-order valence-corrected chi connectivity index (χ2v) is 12.2. The third kappa shape index (κ3) is 5.38. The highest BCUT2D eigenvalue weighted by atomic mass is 32.2. The zero-order chi connectivity index (χ0) is 25.7. The van der Waals surface area contributed by atoms with Crippen LogP contribution in [0.3, 0.4) is 0 Å². The summed E-state index contributed by atoms with van der Waals surface area (Å²) in [6.45, 7) is 6.12. The first-order chi connectivity index (χ1) is 16.3. The minimum atomic E-state index is -3.97. The Labute approximate surface area is 201 Å². The number of rotatable bonds is 8. The fourth-order valence-electron chi connectivity index (χ4n) is 4.27. The molecule has 1 saturated carbocycles. The first-order valence-corrected chi connectivity index (χ1v) is 12.8. The molecule has 0 radical (unpaired) electrons. The van der Waals surface area contributed by atoms with Gasteiger partial charge >= 0.3 is 0 Å². The van der Waals surface area contributed by atoms with Crippen molar-refractivity contribution < 1.29 is 30.4 Å². The lowest BCUT2D eigenvalue weighted by molar-refractivity contribution is 0.109. The predicted molar refractivity (Wildman–Crippen MR) is 126 cm³/mol. The van der Waals surface area contributed by atoms with Gasteiger partial charge in [0.05, 0.1) is 5.25 Å². The summed E-state index contributed by atoms with van der Waals surface area (Å²) >= 11 is 0. The topological polar surface area (TPSA) is 51.1 Å². The second-order valence-electron chi connectivity index (χ2n) is 10.2. The van der Waals surface area contributed by atoms with Crippen molar-refractivity contribution in [3.05, 3.63) is 59.5 Å². The van der Waals surface area contributed by atoms with Gasteiger partial charge in [0.1, 0.15) is 11.9 Å². The molecule has 10 heteroatoms. The average molecular weight is 515 g/mol. The Hall–Kier alpha value is -2.46. The molecule has 0 saturated heterocycles. The highest BCUT2D eigenvalue weighted by Gasteiger charge is 2.40. The van der Waals surface area contributed by atoms with Crippen molar-refractivity contribution in [1.82, 2.24) is 9.29 Å². The fourth-order valence-corrected chi connectivity index (χ4v) is 5.80. The van der Waals surface area contributed by atoms with Gasteiger partial charge in [-0.3, -0.25) is 0 Å². The largest absolute Gasteiger partial charge is 0.347 e. The van der Waals surface area contributed by atoms with E-state index in [2.05, 4.69) is 4.72 Å². The van der Waals surface area contributed by atoms with Crippen molar-refractivity contribution >= 4 is 20.9 Å². The molecule has 190 valence electrons. The molecule has 0 spiro atoms. The number of nitrogens with zero attached hydrogens (tertiary/aromatic N) is 1. The number of hydrogen-bond acceptors (Lipinski definition) is 2. The van der Waals surface area contributed by atoms with E-state index in [1.54, 1.807) is 4.57 Å². The standard InChI is InChI=1S/C25H27F5N2O2S/c1-25(2,3)13-32-12-19(22(24(29)30)31-35(33,34)14-8-9-14)18-10-20(26)17(11-21(18)32)15-6-4-5-7-16(15)23(27)28/h4-7,10-12,14,22-24,31H,8-9,13H2,1-3H3. The Morgan fingerprint density at radius 3 is 2.26 bits per heavy atom. The normalized spacial score (nSPS) is 15.9. The van der Waals surface area contributed by atoms with E-state index < -0.39 is 40.0 Å². The van der Waals surface area contributed by atoms with E-state index in [4.69, 9.17) is 0 Å². The molecule has 1 aromatic heterocycles. The summed E-state index contributed by atoms with van der Waals surface area (Å²) in [5, 5.41) is -0.602. The van der Waals surface area contributed by atoms with Crippen molar-refractivity contribution in [2.24, 2.45) is 5.41 Å². The number of aromatic nitrogens is 1. The van der Waals surface area contributed by atoms with Crippen LogP contribution in [-0.2, 0) is 16.6 Å². The van der Waals surface area contributed by atoms with E-state index in [9.17, 15) is 26.0 Å². The molecule has 3 aromatic rings. The number of benzene rings is 2. The van der Waals surface area contributed by atoms with Gasteiger partial charge in [-0.2, -0.15) is 0 Å². The molecule has 2 aromatic carbocycles. The smallest absolute Gasteiger partial charge is 0.264 e. The van der Waals surface area contributed by atoms with Crippen LogP contribution in [0.25, 0.3) is 22.0 Å². The van der Waals surface area contributed by atoms with Crippen LogP contribution < -0.4 is 4.72 Å². The number of alkyl halides is 4. The van der Waals surface area contributed by atoms with Gasteiger partial charge in [0, 0.05) is 40.3 Å². The number of nitrogens with one attached hydrogen (secondary N) is 1. The molecule has 0 amide bonds. The maximum Gasteiger partial charge on any atom is 0.264 e. The SMILES string of the molecule is CC(C)(C)Cn1cc(C(NS(=O)(=O)C2CC2)C(F)F)c2cc(F)c(-c3ccccc3C(F)F)cc21. The van der Waals surface area contributed by atoms with E-state index in [0.29, 0.717) is 24.9 Å². The van der Waals surface area contributed by atoms with Crippen molar-refractivity contribution in [3.63, 3.8) is 0 Å². The van der Waals surface area contributed by atoms with Crippen LogP contribution in [0.2, 0.25) is 0 Å². The van der Waals surface area contributed by atoms with E-state index in [-0.39, 0.29) is 33.1 Å². The van der Waals surface area contributed by atoms with Crippen molar-refractivity contribution in [3.8, 4) is 11.1 Å². The number of sulfonamides is 1. The van der Waals surface area contributed by atoms with Gasteiger partial charge in [-0.25, -0.2) is 35.1 Å². The Morgan fingerprint density at radius 1 is 1.03 bits per heavy atom. The first-order valence-electron chi connectivity index (χ1n) is 11.3. The lowest BCUT2D eigenvalue weighted by atomic mass is 9.96. The molecule has 1 unspecified atom stereocenters. The number of fused-ring (bicyclic) bond motifs is 1. The highest BCUT2D eigenvalue weighted by molar-refractivity contribution is 7.90. The second kappa shape index (κ2) is 9.20. The summed E-state index contributed by atoms with van der Waals surface area (Å²) in [6, 6.07) is 6.08. The molecule has 4 nitrogen and oxygen atoms in total. The van der Waals surface area contributed by atoms with Crippen LogP contribution in [0.4, 0.5) is 22.0 Å². The van der Waals surface area contributed by atoms with Gasteiger partial charge < -0.3 is 4.57 Å². The molecular weight excluding hydrogens is 487 g/mol. The summed E-state index contributed by atoms with van der Waals surface area (Å²) in [5.41, 5.74) is -0.440. The van der Waals surface area contributed by atoms with Gasteiger partial charge in [-0.1, -0.05) is 45.0 Å². The Bertz CT molecular complexity index is 1340. The molecule has 1 atom stereocenters. The molecule has 1 aliphatic carbocycles. The van der Waals surface area contributed by atoms with Crippen LogP contribution in [0.15, 0.2) is 42.6 Å². The maximum absolute atomic E-state index is 15.3. The molecule has 1 heterocycles. The average Bonchev–Trinajstić information content (AvgIpc) is 3.56. The number of halogens is 5. The highest BCUT2D eigenvalue weighted by Crippen LogP contribution is 2.39. The van der Waals surface area contributed by atoms with Gasteiger partial charge in [-0.05, 0) is 36.0 Å². The zero-order valence-corrected chi connectivity index (χ0v) is 20.4. The van der Waals surface area contributed by atoms with Gasteiger partial charge in [0.25, 0.3) is 12.9 Å². The monoisotopic (exact) mass is 514 g/mol. The zero-order valence-electron chi connectivity index (χ0n) is 19.5. The van der Waals surface area contributed by atoms with Gasteiger partial charge in [0.15, 0.2) is 0 Å². The molecule has 1 aliphatic rings. The maximum atomic E-state index is 15.3. The van der Waals surface area contributed by atoms with Gasteiger partial charge in [0.2, 0.25) is 10.0 Å². The minimum absolute atomic E-state index is 0.00630. The molecular formula is C25H27F5N2O2S. The summed E-state index contributed by atoms with van der Waals surface area (Å²) in [6.07, 6.45) is -3.71. The predicted octanol–water partition coefficient (Wildman–Crippen LogP) is 6.82. The molecule has 0 bridgehead atoms. The summed E-state index contributed by atoms with van der Waals surface area (Å²) in [5.74, 6) is -0.863. The third-order valence-electron chi connectivity index (χ3n) is 5.97. The van der Waals surface area contributed by atoms with Crippen molar-refractivity contribution in [2.45, 2.75) is 64.3 Å². The third-order valence-corrected chi connectivity index (χ3v) is 7.90. The van der Waals surface area contributed by atoms with Crippen LogP contribution in [0.1, 0.15) is 57.2 Å². The lowest BCUT2D eigenvalue weighted by Crippen LogP contribution is -2.35. The Balaban J connectivity index is 1.92. The van der Waals surface area contributed by atoms with Crippen LogP contribution in [0.5, 0.6) is 0 Å². The molecule has 0 aliphatic heterocycles. The fraction of sp³-hybridized carbons (Fsp3) is 0.440. The molecule has 4 rings (SSSR count).